The minimum absolute atomic E-state index is 0.0178. The Labute approximate surface area is 277 Å². The van der Waals surface area contributed by atoms with Crippen LogP contribution in [-0.2, 0) is 21.9 Å². The molecule has 0 bridgehead atoms. The molecule has 0 aliphatic carbocycles. The molecular formula is C35H28BrN3O4S2. The van der Waals surface area contributed by atoms with Gasteiger partial charge >= 0.3 is 5.91 Å². The van der Waals surface area contributed by atoms with E-state index in [4.69, 9.17) is 4.74 Å². The maximum absolute atomic E-state index is 13.6. The molecule has 0 radical (unpaired) electrons. The summed E-state index contributed by atoms with van der Waals surface area (Å²) in [5.74, 6) is -0.534. The molecular weight excluding hydrogens is 670 g/mol. The van der Waals surface area contributed by atoms with E-state index in [-0.39, 0.29) is 16.5 Å². The highest BCUT2D eigenvalue weighted by Crippen LogP contribution is 2.44. The molecule has 1 aliphatic rings. The number of benzene rings is 4. The number of hydrogen-bond acceptors (Lipinski definition) is 8. The van der Waals surface area contributed by atoms with Crippen LogP contribution in [0.2, 0.25) is 0 Å². The number of ketones is 1. The second-order valence-corrected chi connectivity index (χ2v) is 13.7. The minimum Gasteiger partial charge on any atom is -0.507 e. The van der Waals surface area contributed by atoms with Crippen LogP contribution in [0.4, 0.5) is 5.13 Å². The van der Waals surface area contributed by atoms with Crippen LogP contribution in [0.3, 0.4) is 0 Å². The van der Waals surface area contributed by atoms with Gasteiger partial charge in [-0.25, -0.2) is 0 Å². The molecule has 1 aliphatic heterocycles. The molecule has 2 heterocycles. The van der Waals surface area contributed by atoms with Crippen molar-refractivity contribution in [2.45, 2.75) is 36.6 Å². The van der Waals surface area contributed by atoms with Gasteiger partial charge in [-0.05, 0) is 72.5 Å². The summed E-state index contributed by atoms with van der Waals surface area (Å²) in [6.45, 7) is 4.48. The molecule has 5 aromatic rings. The van der Waals surface area contributed by atoms with Gasteiger partial charge in [-0.2, -0.15) is 0 Å². The number of ether oxygens (including phenoxy) is 1. The number of aryl methyl sites for hydroxylation is 2. The van der Waals surface area contributed by atoms with E-state index >= 15 is 0 Å². The molecule has 6 rings (SSSR count). The number of hydrogen-bond donors (Lipinski definition) is 1. The average Bonchev–Trinajstić information content (AvgIpc) is 3.62. The largest absolute Gasteiger partial charge is 0.507 e. The van der Waals surface area contributed by atoms with Crippen LogP contribution in [0.1, 0.15) is 39.4 Å². The molecule has 7 nitrogen and oxygen atoms in total. The summed E-state index contributed by atoms with van der Waals surface area (Å²) >= 11 is 6.25. The fourth-order valence-electron chi connectivity index (χ4n) is 5.01. The van der Waals surface area contributed by atoms with Gasteiger partial charge in [-0.15, -0.1) is 10.2 Å². The van der Waals surface area contributed by atoms with Gasteiger partial charge in [-0.3, -0.25) is 14.5 Å². The van der Waals surface area contributed by atoms with E-state index in [1.165, 1.54) is 33.6 Å². The molecule has 1 amide bonds. The molecule has 1 aromatic heterocycles. The average molecular weight is 699 g/mol. The Morgan fingerprint density at radius 2 is 1.71 bits per heavy atom. The standard InChI is InChI=1S/C35H28BrN3O4S2/c1-21-10-12-23(13-11-21)20-44-35-38-37-34(45-35)39-30(25-8-5-9-27(36)18-25)29(32(41)33(39)42)31(40)24-14-16-28(17-15-24)43-19-26-7-4-3-6-22(26)2/h3-18,30,40H,19-20H2,1-2H3/b31-29+. The van der Waals surface area contributed by atoms with E-state index in [9.17, 15) is 14.7 Å². The van der Waals surface area contributed by atoms with Gasteiger partial charge in [0.15, 0.2) is 4.34 Å². The van der Waals surface area contributed by atoms with E-state index in [1.807, 2.05) is 62.4 Å². The predicted molar refractivity (Wildman–Crippen MR) is 182 cm³/mol. The molecule has 1 fully saturated rings. The Kier molecular flexibility index (Phi) is 9.16. The molecule has 1 atom stereocenters. The summed E-state index contributed by atoms with van der Waals surface area (Å²) in [5, 5.41) is 20.4. The Balaban J connectivity index is 1.30. The maximum Gasteiger partial charge on any atom is 0.301 e. The van der Waals surface area contributed by atoms with Gasteiger partial charge in [0.25, 0.3) is 5.78 Å². The second kappa shape index (κ2) is 13.4. The lowest BCUT2D eigenvalue weighted by atomic mass is 9.95. The molecule has 10 heteroatoms. The number of aliphatic hydroxyl groups is 1. The van der Waals surface area contributed by atoms with Crippen molar-refractivity contribution in [3.8, 4) is 5.75 Å². The summed E-state index contributed by atoms with van der Waals surface area (Å²) in [5.41, 5.74) is 5.56. The highest BCUT2D eigenvalue weighted by Gasteiger charge is 2.48. The topological polar surface area (TPSA) is 92.6 Å². The smallest absolute Gasteiger partial charge is 0.301 e. The lowest BCUT2D eigenvalue weighted by Crippen LogP contribution is -2.29. The van der Waals surface area contributed by atoms with Gasteiger partial charge < -0.3 is 9.84 Å². The van der Waals surface area contributed by atoms with Crippen LogP contribution in [0, 0.1) is 13.8 Å². The third kappa shape index (κ3) is 6.73. The monoisotopic (exact) mass is 697 g/mol. The first-order chi connectivity index (χ1) is 21.8. The number of anilines is 1. The third-order valence-electron chi connectivity index (χ3n) is 7.48. The minimum atomic E-state index is -0.901. The first-order valence-corrected chi connectivity index (χ1v) is 16.7. The number of carbonyl (C=O) groups excluding carboxylic acids is 2. The number of halogens is 1. The number of nitrogens with zero attached hydrogens (tertiary/aromatic N) is 3. The Morgan fingerprint density at radius 1 is 0.956 bits per heavy atom. The highest BCUT2D eigenvalue weighted by atomic mass is 79.9. The fraction of sp³-hybridized carbons (Fsp3) is 0.143. The quantitative estimate of drug-likeness (QED) is 0.0544. The van der Waals surface area contributed by atoms with Crippen molar-refractivity contribution >= 4 is 61.6 Å². The van der Waals surface area contributed by atoms with Crippen LogP contribution >= 0.6 is 39.0 Å². The SMILES string of the molecule is Cc1ccc(CSc2nnc(N3C(=O)C(=O)/C(=C(/O)c4ccc(OCc5ccccc5C)cc4)C3c3cccc(Br)c3)s2)cc1. The highest BCUT2D eigenvalue weighted by molar-refractivity contribution is 9.10. The first kappa shape index (κ1) is 30.8. The van der Waals surface area contributed by atoms with Gasteiger partial charge in [0, 0.05) is 15.8 Å². The molecule has 1 saturated heterocycles. The maximum atomic E-state index is 13.6. The van der Waals surface area contributed by atoms with E-state index in [0.29, 0.717) is 33.6 Å². The Hall–Kier alpha value is -4.25. The van der Waals surface area contributed by atoms with E-state index in [0.717, 1.165) is 21.2 Å². The van der Waals surface area contributed by atoms with E-state index < -0.39 is 17.7 Å². The van der Waals surface area contributed by atoms with Gasteiger partial charge in [0.1, 0.15) is 18.1 Å². The van der Waals surface area contributed by atoms with Crippen molar-refractivity contribution in [2.24, 2.45) is 0 Å². The van der Waals surface area contributed by atoms with Crippen molar-refractivity contribution in [3.05, 3.63) is 140 Å². The van der Waals surface area contributed by atoms with Gasteiger partial charge in [0.05, 0.1) is 11.6 Å². The van der Waals surface area contributed by atoms with E-state index in [1.54, 1.807) is 24.3 Å². The second-order valence-electron chi connectivity index (χ2n) is 10.6. The zero-order valence-electron chi connectivity index (χ0n) is 24.4. The van der Waals surface area contributed by atoms with Crippen molar-refractivity contribution in [2.75, 3.05) is 4.90 Å². The predicted octanol–water partition coefficient (Wildman–Crippen LogP) is 8.42. The number of aliphatic hydroxyl groups excluding tert-OH is 1. The molecule has 1 N–H and O–H groups in total. The summed E-state index contributed by atoms with van der Waals surface area (Å²) < 4.78 is 7.40. The number of Topliss-reactive ketones (excluding diaryl/α,β-unsaturated/α-hetero) is 1. The fourth-order valence-corrected chi connectivity index (χ4v) is 7.25. The van der Waals surface area contributed by atoms with E-state index in [2.05, 4.69) is 50.4 Å². The van der Waals surface area contributed by atoms with Crippen LogP contribution in [0.5, 0.6) is 5.75 Å². The number of rotatable bonds is 9. The number of thioether (sulfide) groups is 1. The first-order valence-electron chi connectivity index (χ1n) is 14.1. The van der Waals surface area contributed by atoms with Crippen LogP contribution in [0.15, 0.2) is 111 Å². The number of carbonyl (C=O) groups is 2. The Morgan fingerprint density at radius 3 is 2.44 bits per heavy atom. The molecule has 0 spiro atoms. The summed E-state index contributed by atoms with van der Waals surface area (Å²) in [4.78, 5) is 28.5. The van der Waals surface area contributed by atoms with Crippen molar-refractivity contribution in [1.82, 2.24) is 10.2 Å². The summed E-state index contributed by atoms with van der Waals surface area (Å²) in [6.07, 6.45) is 0. The normalized spacial score (nSPS) is 15.9. The summed E-state index contributed by atoms with van der Waals surface area (Å²) in [7, 11) is 0. The summed E-state index contributed by atoms with van der Waals surface area (Å²) in [6, 6.07) is 29.5. The molecule has 226 valence electrons. The molecule has 1 unspecified atom stereocenters. The zero-order chi connectivity index (χ0) is 31.5. The van der Waals surface area contributed by atoms with Crippen LogP contribution in [0.25, 0.3) is 5.76 Å². The molecule has 4 aromatic carbocycles. The van der Waals surface area contributed by atoms with Crippen molar-refractivity contribution in [1.29, 1.82) is 0 Å². The zero-order valence-corrected chi connectivity index (χ0v) is 27.7. The molecule has 45 heavy (non-hydrogen) atoms. The Bertz CT molecular complexity index is 1910. The van der Waals surface area contributed by atoms with Crippen molar-refractivity contribution in [3.63, 3.8) is 0 Å². The lowest BCUT2D eigenvalue weighted by Gasteiger charge is -2.22. The number of aromatic nitrogens is 2. The van der Waals surface area contributed by atoms with Gasteiger partial charge in [0.2, 0.25) is 5.13 Å². The van der Waals surface area contributed by atoms with Gasteiger partial charge in [-0.1, -0.05) is 105 Å². The molecule has 0 saturated carbocycles. The van der Waals surface area contributed by atoms with Crippen LogP contribution in [-0.4, -0.2) is 27.0 Å². The van der Waals surface area contributed by atoms with Crippen molar-refractivity contribution < 1.29 is 19.4 Å². The number of amides is 1. The lowest BCUT2D eigenvalue weighted by molar-refractivity contribution is -0.132. The third-order valence-corrected chi connectivity index (χ3v) is 10.1. The van der Waals surface area contributed by atoms with Crippen LogP contribution < -0.4 is 9.64 Å².